The molecule has 0 radical (unpaired) electrons. The molecule has 34 heavy (non-hydrogen) atoms. The maximum absolute atomic E-state index is 13.2. The lowest BCUT2D eigenvalue weighted by atomic mass is 9.99. The lowest BCUT2D eigenvalue weighted by molar-refractivity contribution is -0.125. The molecule has 1 aliphatic heterocycles. The average molecular weight is 456 g/mol. The van der Waals surface area contributed by atoms with Gasteiger partial charge in [-0.2, -0.15) is 0 Å². The van der Waals surface area contributed by atoms with Gasteiger partial charge in [-0.3, -0.25) is 24.6 Å². The summed E-state index contributed by atoms with van der Waals surface area (Å²) in [5.41, 5.74) is 2.20. The van der Waals surface area contributed by atoms with Crippen molar-refractivity contribution in [2.45, 2.75) is 25.9 Å². The first-order valence-electron chi connectivity index (χ1n) is 11.1. The molecule has 0 bridgehead atoms. The van der Waals surface area contributed by atoms with E-state index in [0.717, 1.165) is 16.0 Å². The van der Waals surface area contributed by atoms with Crippen molar-refractivity contribution in [3.05, 3.63) is 107 Å². The fourth-order valence-corrected chi connectivity index (χ4v) is 4.18. The van der Waals surface area contributed by atoms with Gasteiger partial charge in [-0.1, -0.05) is 86.6 Å². The Morgan fingerprint density at radius 3 is 1.59 bits per heavy atom. The van der Waals surface area contributed by atoms with E-state index in [9.17, 15) is 19.2 Å². The van der Waals surface area contributed by atoms with E-state index in [1.165, 1.54) is 0 Å². The van der Waals surface area contributed by atoms with Gasteiger partial charge in [0, 0.05) is 0 Å². The van der Waals surface area contributed by atoms with Crippen molar-refractivity contribution in [3.63, 3.8) is 0 Å². The number of carbonyl (C=O) groups excluding carboxylic acids is 4. The fraction of sp³-hybridized carbons (Fsp3) is 0.185. The number of amides is 5. The van der Waals surface area contributed by atoms with Crippen LogP contribution in [0.1, 0.15) is 51.7 Å². The third-order valence-corrected chi connectivity index (χ3v) is 5.78. The molecule has 3 aromatic rings. The summed E-state index contributed by atoms with van der Waals surface area (Å²) in [7, 11) is 0. The third kappa shape index (κ3) is 4.45. The maximum atomic E-state index is 13.2. The topological polar surface area (TPSA) is 95.6 Å². The molecule has 0 unspecified atom stereocenters. The van der Waals surface area contributed by atoms with Gasteiger partial charge < -0.3 is 5.32 Å². The van der Waals surface area contributed by atoms with E-state index in [-0.39, 0.29) is 11.1 Å². The Bertz CT molecular complexity index is 1150. The highest BCUT2D eigenvalue weighted by Crippen LogP contribution is 2.27. The van der Waals surface area contributed by atoms with Crippen LogP contribution in [-0.4, -0.2) is 34.7 Å². The summed E-state index contributed by atoms with van der Waals surface area (Å²) in [6.07, 6.45) is 0. The Morgan fingerprint density at radius 2 is 1.15 bits per heavy atom. The zero-order valence-electron chi connectivity index (χ0n) is 18.9. The summed E-state index contributed by atoms with van der Waals surface area (Å²) in [5.74, 6) is -2.21. The van der Waals surface area contributed by atoms with Crippen LogP contribution in [0.5, 0.6) is 0 Å². The first kappa shape index (κ1) is 22.9. The van der Waals surface area contributed by atoms with Crippen molar-refractivity contribution in [3.8, 4) is 0 Å². The van der Waals surface area contributed by atoms with Gasteiger partial charge in [0.15, 0.2) is 0 Å². The van der Waals surface area contributed by atoms with Gasteiger partial charge in [0.1, 0.15) is 6.04 Å². The number of benzene rings is 3. The Morgan fingerprint density at radius 1 is 0.706 bits per heavy atom. The van der Waals surface area contributed by atoms with Crippen molar-refractivity contribution in [1.29, 1.82) is 0 Å². The molecule has 1 heterocycles. The summed E-state index contributed by atoms with van der Waals surface area (Å²) in [5, 5.41) is 5.19. The Labute approximate surface area is 197 Å². The number of nitrogens with one attached hydrogen (secondary N) is 2. The van der Waals surface area contributed by atoms with E-state index >= 15 is 0 Å². The molecule has 0 saturated carbocycles. The second-order valence-corrected chi connectivity index (χ2v) is 8.43. The zero-order valence-corrected chi connectivity index (χ0v) is 18.9. The Hall–Kier alpha value is -4.26. The predicted octanol–water partition coefficient (Wildman–Crippen LogP) is 3.92. The Balaban J connectivity index is 1.54. The molecule has 5 amide bonds. The van der Waals surface area contributed by atoms with Crippen molar-refractivity contribution in [1.82, 2.24) is 15.5 Å². The summed E-state index contributed by atoms with van der Waals surface area (Å²) in [4.78, 5) is 52.8. The van der Waals surface area contributed by atoms with E-state index in [2.05, 4.69) is 10.6 Å². The second kappa shape index (κ2) is 9.70. The first-order chi connectivity index (χ1) is 16.4. The molecule has 0 spiro atoms. The van der Waals surface area contributed by atoms with Crippen LogP contribution in [0, 0.1) is 5.92 Å². The van der Waals surface area contributed by atoms with Gasteiger partial charge in [-0.05, 0) is 29.2 Å². The standard InChI is InChI=1S/C27H25N3O4/c1-17(2)23(30-25(32)20-15-9-10-16-21(20)26(30)33)24(31)29-27(34)28-22(18-11-5-3-6-12-18)19-13-7-4-8-14-19/h3-17,22-23H,1-2H3,(H2,28,29,31,34)/t23-/m1/s1. The monoisotopic (exact) mass is 455 g/mol. The smallest absolute Gasteiger partial charge is 0.322 e. The van der Waals surface area contributed by atoms with Crippen molar-refractivity contribution in [2.75, 3.05) is 0 Å². The van der Waals surface area contributed by atoms with Gasteiger partial charge in [0.25, 0.3) is 17.7 Å². The molecule has 7 nitrogen and oxygen atoms in total. The zero-order chi connectivity index (χ0) is 24.2. The minimum absolute atomic E-state index is 0.253. The van der Waals surface area contributed by atoms with Gasteiger partial charge in [0.2, 0.25) is 0 Å². The van der Waals surface area contributed by atoms with Crippen LogP contribution in [0.2, 0.25) is 0 Å². The molecule has 3 aromatic carbocycles. The number of carbonyl (C=O) groups is 4. The van der Waals surface area contributed by atoms with Crippen LogP contribution < -0.4 is 10.6 Å². The fourth-order valence-electron chi connectivity index (χ4n) is 4.18. The second-order valence-electron chi connectivity index (χ2n) is 8.43. The number of nitrogens with zero attached hydrogens (tertiary/aromatic N) is 1. The highest BCUT2D eigenvalue weighted by molar-refractivity contribution is 6.23. The van der Waals surface area contributed by atoms with Crippen LogP contribution in [-0.2, 0) is 4.79 Å². The summed E-state index contributed by atoms with van der Waals surface area (Å²) in [6, 6.07) is 22.9. The molecular formula is C27H25N3O4. The molecule has 0 saturated heterocycles. The van der Waals surface area contributed by atoms with Crippen LogP contribution in [0.3, 0.4) is 0 Å². The van der Waals surface area contributed by atoms with Gasteiger partial charge in [-0.15, -0.1) is 0 Å². The number of imide groups is 2. The van der Waals surface area contributed by atoms with Crippen molar-refractivity contribution >= 4 is 23.8 Å². The molecule has 0 aliphatic carbocycles. The van der Waals surface area contributed by atoms with E-state index in [1.54, 1.807) is 38.1 Å². The van der Waals surface area contributed by atoms with E-state index in [0.29, 0.717) is 0 Å². The maximum Gasteiger partial charge on any atom is 0.322 e. The lowest BCUT2D eigenvalue weighted by Gasteiger charge is -2.28. The van der Waals surface area contributed by atoms with E-state index in [1.807, 2.05) is 60.7 Å². The average Bonchev–Trinajstić information content (AvgIpc) is 3.09. The van der Waals surface area contributed by atoms with Crippen LogP contribution >= 0.6 is 0 Å². The van der Waals surface area contributed by atoms with Crippen LogP contribution in [0.25, 0.3) is 0 Å². The van der Waals surface area contributed by atoms with Crippen LogP contribution in [0.15, 0.2) is 84.9 Å². The molecule has 2 N–H and O–H groups in total. The van der Waals surface area contributed by atoms with Crippen molar-refractivity contribution < 1.29 is 19.2 Å². The number of fused-ring (bicyclic) bond motifs is 1. The summed E-state index contributed by atoms with van der Waals surface area (Å²) in [6.45, 7) is 3.45. The number of hydrogen-bond acceptors (Lipinski definition) is 4. The van der Waals surface area contributed by atoms with Crippen LogP contribution in [0.4, 0.5) is 4.79 Å². The highest BCUT2D eigenvalue weighted by Gasteiger charge is 2.44. The quantitative estimate of drug-likeness (QED) is 0.551. The highest BCUT2D eigenvalue weighted by atomic mass is 16.2. The molecule has 4 rings (SSSR count). The molecule has 172 valence electrons. The number of hydrogen-bond donors (Lipinski definition) is 2. The first-order valence-corrected chi connectivity index (χ1v) is 11.1. The normalized spacial score (nSPS) is 13.7. The SMILES string of the molecule is CC(C)[C@H](C(=O)NC(=O)NC(c1ccccc1)c1ccccc1)N1C(=O)c2ccccc2C1=O. The minimum Gasteiger partial charge on any atom is -0.327 e. The molecule has 1 aliphatic rings. The third-order valence-electron chi connectivity index (χ3n) is 5.78. The summed E-state index contributed by atoms with van der Waals surface area (Å²) < 4.78 is 0. The van der Waals surface area contributed by atoms with Crippen molar-refractivity contribution in [2.24, 2.45) is 5.92 Å². The molecular weight excluding hydrogens is 430 g/mol. The number of urea groups is 1. The van der Waals surface area contributed by atoms with E-state index < -0.39 is 41.8 Å². The van der Waals surface area contributed by atoms with Gasteiger partial charge >= 0.3 is 6.03 Å². The molecule has 7 heteroatoms. The lowest BCUT2D eigenvalue weighted by Crippen LogP contribution is -2.55. The molecule has 0 aromatic heterocycles. The largest absolute Gasteiger partial charge is 0.327 e. The van der Waals surface area contributed by atoms with E-state index in [4.69, 9.17) is 0 Å². The summed E-state index contributed by atoms with van der Waals surface area (Å²) >= 11 is 0. The molecule has 0 fully saturated rings. The molecule has 1 atom stereocenters. The number of rotatable bonds is 6. The minimum atomic E-state index is -1.13. The Kier molecular flexibility index (Phi) is 6.54. The van der Waals surface area contributed by atoms with Gasteiger partial charge in [0.05, 0.1) is 17.2 Å². The predicted molar refractivity (Wildman–Crippen MR) is 127 cm³/mol. The van der Waals surface area contributed by atoms with Gasteiger partial charge in [-0.25, -0.2) is 4.79 Å².